The summed E-state index contributed by atoms with van der Waals surface area (Å²) in [6, 6.07) is 7.75. The van der Waals surface area contributed by atoms with Crippen LogP contribution in [0.15, 0.2) is 41.4 Å². The molecule has 0 spiro atoms. The van der Waals surface area contributed by atoms with Crippen LogP contribution in [0.1, 0.15) is 43.9 Å². The van der Waals surface area contributed by atoms with Crippen LogP contribution >= 0.6 is 0 Å². The summed E-state index contributed by atoms with van der Waals surface area (Å²) in [5.74, 6) is 0.718. The number of rotatable bonds is 7. The van der Waals surface area contributed by atoms with E-state index in [1.54, 1.807) is 56.4 Å². The number of carbonyl (C=O) groups is 2. The summed E-state index contributed by atoms with van der Waals surface area (Å²) in [6.45, 7) is 6.30. The second kappa shape index (κ2) is 15.2. The standard InChI is InChI=1S/C19H22FN3O2.C10H14N2O2S.C2H6O/c1-3-12-6-7-23(19(12)25)14(10-24)9-13-4-5-15-16(17(13)20)8-11(2)22-18(15)21;1-15(13,14)9-4-5-10(11-8-9)12-6-2-3-7-12;1-3-2/h4-5,8,10,12,14H,3,6-7,9H2,1-2H3,(H2,21,22);4-5,8H,2-3,6-7H2,1H3;1-2H3/t12-,14+;;/m0../s1. The molecule has 234 valence electrons. The summed E-state index contributed by atoms with van der Waals surface area (Å²) in [6.07, 6.45) is 7.42. The molecule has 0 unspecified atom stereocenters. The molecule has 12 heteroatoms. The number of pyridine rings is 2. The molecule has 2 N–H and O–H groups in total. The Kier molecular flexibility index (Phi) is 12.0. The van der Waals surface area contributed by atoms with Crippen molar-refractivity contribution in [3.63, 3.8) is 0 Å². The molecule has 2 fully saturated rings. The maximum atomic E-state index is 15.0. The van der Waals surface area contributed by atoms with Crippen LogP contribution in [0.3, 0.4) is 0 Å². The number of aryl methyl sites for hydroxylation is 1. The van der Waals surface area contributed by atoms with Gasteiger partial charge in [0, 0.05) is 75.1 Å². The van der Waals surface area contributed by atoms with Gasteiger partial charge in [-0.1, -0.05) is 19.1 Å². The van der Waals surface area contributed by atoms with Crippen molar-refractivity contribution < 1.29 is 27.1 Å². The second-order valence-corrected chi connectivity index (χ2v) is 12.9. The highest BCUT2D eigenvalue weighted by Gasteiger charge is 2.35. The van der Waals surface area contributed by atoms with E-state index in [1.807, 2.05) is 6.92 Å². The first-order chi connectivity index (χ1) is 20.4. The molecule has 5 rings (SSSR count). The molecule has 0 bridgehead atoms. The average Bonchev–Trinajstić information content (AvgIpc) is 3.64. The third-order valence-corrected chi connectivity index (χ3v) is 8.69. The molecule has 1 amide bonds. The molecule has 0 saturated carbocycles. The first kappa shape index (κ1) is 33.9. The van der Waals surface area contributed by atoms with E-state index in [2.05, 4.69) is 19.6 Å². The predicted molar refractivity (Wildman–Crippen MR) is 166 cm³/mol. The Morgan fingerprint density at radius 3 is 2.35 bits per heavy atom. The average molecular weight is 616 g/mol. The van der Waals surface area contributed by atoms with Crippen LogP contribution in [-0.2, 0) is 30.6 Å². The molecule has 4 heterocycles. The number of nitrogen functional groups attached to an aromatic ring is 1. The number of sulfone groups is 1. The number of methoxy groups -OCH3 is 1. The number of anilines is 2. The molecule has 2 aromatic heterocycles. The first-order valence-electron chi connectivity index (χ1n) is 14.4. The van der Waals surface area contributed by atoms with Gasteiger partial charge in [0.1, 0.15) is 23.7 Å². The maximum absolute atomic E-state index is 15.0. The Bertz CT molecular complexity index is 1510. The van der Waals surface area contributed by atoms with Gasteiger partial charge in [-0.2, -0.15) is 0 Å². The normalized spacial score (nSPS) is 17.3. The SMILES string of the molecule is CC[C@H]1CCN([C@@H](C=O)Cc2ccc3c(N)nc(C)cc3c2F)C1=O.COC.CS(=O)(=O)c1ccc(N2CCCC2)nc1. The summed E-state index contributed by atoms with van der Waals surface area (Å²) in [5, 5.41) is 0.948. The molecule has 0 aliphatic carbocycles. The number of amides is 1. The zero-order valence-electron chi connectivity index (χ0n) is 25.5. The van der Waals surface area contributed by atoms with Gasteiger partial charge >= 0.3 is 0 Å². The summed E-state index contributed by atoms with van der Waals surface area (Å²) >= 11 is 0. The van der Waals surface area contributed by atoms with Crippen molar-refractivity contribution in [1.82, 2.24) is 14.9 Å². The number of carbonyl (C=O) groups excluding carboxylic acids is 2. The van der Waals surface area contributed by atoms with Gasteiger partial charge in [0.15, 0.2) is 9.84 Å². The Hall–Kier alpha value is -3.64. The zero-order chi connectivity index (χ0) is 31.7. The van der Waals surface area contributed by atoms with Crippen molar-refractivity contribution in [1.29, 1.82) is 0 Å². The van der Waals surface area contributed by atoms with Gasteiger partial charge in [-0.05, 0) is 56.4 Å². The number of aldehydes is 1. The highest BCUT2D eigenvalue weighted by Crippen LogP contribution is 2.28. The summed E-state index contributed by atoms with van der Waals surface area (Å²) in [4.78, 5) is 36.3. The topological polar surface area (TPSA) is 136 Å². The number of likely N-dealkylation sites (tertiary alicyclic amines) is 1. The molecular weight excluding hydrogens is 573 g/mol. The number of halogens is 1. The lowest BCUT2D eigenvalue weighted by Gasteiger charge is -2.24. The minimum absolute atomic E-state index is 0.00918. The fourth-order valence-electron chi connectivity index (χ4n) is 5.30. The number of ether oxygens (including phenoxy) is 1. The van der Waals surface area contributed by atoms with Gasteiger partial charge in [-0.15, -0.1) is 0 Å². The lowest BCUT2D eigenvalue weighted by atomic mass is 10.00. The number of fused-ring (bicyclic) bond motifs is 1. The lowest BCUT2D eigenvalue weighted by Crippen LogP contribution is -2.40. The van der Waals surface area contributed by atoms with Crippen LogP contribution in [0.4, 0.5) is 16.0 Å². The molecule has 2 aliphatic rings. The molecule has 2 aliphatic heterocycles. The van der Waals surface area contributed by atoms with Crippen molar-refractivity contribution in [3.05, 3.63) is 53.6 Å². The highest BCUT2D eigenvalue weighted by atomic mass is 32.2. The molecule has 0 radical (unpaired) electrons. The summed E-state index contributed by atoms with van der Waals surface area (Å²) < 4.78 is 41.6. The van der Waals surface area contributed by atoms with E-state index in [0.29, 0.717) is 28.6 Å². The van der Waals surface area contributed by atoms with Gasteiger partial charge in [0.2, 0.25) is 5.91 Å². The first-order valence-corrected chi connectivity index (χ1v) is 16.2. The molecule has 1 aromatic carbocycles. The van der Waals surface area contributed by atoms with E-state index in [9.17, 15) is 22.4 Å². The van der Waals surface area contributed by atoms with Crippen molar-refractivity contribution in [2.45, 2.75) is 56.9 Å². The van der Waals surface area contributed by atoms with E-state index in [0.717, 1.165) is 38.0 Å². The van der Waals surface area contributed by atoms with Gasteiger partial charge < -0.3 is 25.1 Å². The van der Waals surface area contributed by atoms with Crippen LogP contribution in [0.2, 0.25) is 0 Å². The Labute approximate surface area is 253 Å². The number of nitrogens with zero attached hydrogens (tertiary/aromatic N) is 4. The van der Waals surface area contributed by atoms with Crippen LogP contribution in [0.25, 0.3) is 10.8 Å². The van der Waals surface area contributed by atoms with Crippen molar-refractivity contribution in [2.24, 2.45) is 5.92 Å². The highest BCUT2D eigenvalue weighted by molar-refractivity contribution is 7.90. The molecule has 10 nitrogen and oxygen atoms in total. The number of hydrogen-bond donors (Lipinski definition) is 1. The van der Waals surface area contributed by atoms with Crippen LogP contribution in [-0.4, -0.2) is 81.6 Å². The third kappa shape index (κ3) is 8.47. The van der Waals surface area contributed by atoms with E-state index in [4.69, 9.17) is 5.73 Å². The Morgan fingerprint density at radius 2 is 1.81 bits per heavy atom. The minimum Gasteiger partial charge on any atom is -0.388 e. The predicted octanol–water partition coefficient (Wildman–Crippen LogP) is 3.98. The number of nitrogens with two attached hydrogens (primary N) is 1. The monoisotopic (exact) mass is 615 g/mol. The molecule has 43 heavy (non-hydrogen) atoms. The van der Waals surface area contributed by atoms with Crippen LogP contribution in [0, 0.1) is 18.7 Å². The smallest absolute Gasteiger partial charge is 0.226 e. The zero-order valence-corrected chi connectivity index (χ0v) is 26.4. The van der Waals surface area contributed by atoms with E-state index in [-0.39, 0.29) is 29.0 Å². The lowest BCUT2D eigenvalue weighted by molar-refractivity contribution is -0.135. The number of hydrogen-bond acceptors (Lipinski definition) is 9. The van der Waals surface area contributed by atoms with Crippen molar-refractivity contribution in [3.8, 4) is 0 Å². The molecule has 3 aromatic rings. The molecule has 2 saturated heterocycles. The fraction of sp³-hybridized carbons (Fsp3) is 0.484. The Morgan fingerprint density at radius 1 is 1.14 bits per heavy atom. The van der Waals surface area contributed by atoms with Crippen LogP contribution in [0.5, 0.6) is 0 Å². The van der Waals surface area contributed by atoms with Crippen LogP contribution < -0.4 is 10.6 Å². The number of aromatic nitrogens is 2. The fourth-order valence-corrected chi connectivity index (χ4v) is 5.86. The van der Waals surface area contributed by atoms with E-state index < -0.39 is 21.7 Å². The van der Waals surface area contributed by atoms with E-state index in [1.165, 1.54) is 25.3 Å². The van der Waals surface area contributed by atoms with Gasteiger partial charge in [-0.3, -0.25) is 4.79 Å². The molecular formula is C31H42FN5O5S. The number of benzene rings is 1. The maximum Gasteiger partial charge on any atom is 0.226 e. The van der Waals surface area contributed by atoms with E-state index >= 15 is 0 Å². The Balaban J connectivity index is 0.000000239. The van der Waals surface area contributed by atoms with Crippen molar-refractivity contribution >= 4 is 44.4 Å². The summed E-state index contributed by atoms with van der Waals surface area (Å²) in [5.41, 5.74) is 6.90. The van der Waals surface area contributed by atoms with Gasteiger partial charge in [-0.25, -0.2) is 22.8 Å². The van der Waals surface area contributed by atoms with Gasteiger partial charge in [0.05, 0.1) is 10.9 Å². The second-order valence-electron chi connectivity index (χ2n) is 10.8. The quantitative estimate of drug-likeness (QED) is 0.392. The minimum atomic E-state index is -3.12. The third-order valence-electron chi connectivity index (χ3n) is 7.59. The summed E-state index contributed by atoms with van der Waals surface area (Å²) in [7, 11) is 0.126. The largest absolute Gasteiger partial charge is 0.388 e. The molecule has 2 atom stereocenters. The van der Waals surface area contributed by atoms with Crippen molar-refractivity contribution in [2.75, 3.05) is 50.7 Å². The van der Waals surface area contributed by atoms with Gasteiger partial charge in [0.25, 0.3) is 0 Å².